The minimum Gasteiger partial charge on any atom is -0.356 e. The van der Waals surface area contributed by atoms with Gasteiger partial charge in [-0.3, -0.25) is 4.99 Å². The van der Waals surface area contributed by atoms with Crippen LogP contribution >= 0.6 is 11.8 Å². The molecule has 1 unspecified atom stereocenters. The van der Waals surface area contributed by atoms with Crippen molar-refractivity contribution in [2.75, 3.05) is 43.4 Å². The summed E-state index contributed by atoms with van der Waals surface area (Å²) in [7, 11) is -2.81. The van der Waals surface area contributed by atoms with Crippen LogP contribution in [0, 0.1) is 11.8 Å². The van der Waals surface area contributed by atoms with Gasteiger partial charge in [0.05, 0.1) is 11.5 Å². The number of nitrogens with one attached hydrogen (secondary N) is 1. The molecule has 0 bridgehead atoms. The second-order valence-electron chi connectivity index (χ2n) is 7.74. The first-order valence-corrected chi connectivity index (χ1v) is 11.4. The molecular formula is C16H31N3O2S2. The number of hydrogen-bond donors (Lipinski definition) is 1. The van der Waals surface area contributed by atoms with Crippen LogP contribution in [0.3, 0.4) is 0 Å². The van der Waals surface area contributed by atoms with Crippen molar-refractivity contribution >= 4 is 27.6 Å². The molecule has 0 aromatic carbocycles. The van der Waals surface area contributed by atoms with Gasteiger partial charge in [0, 0.05) is 36.7 Å². The smallest absolute Gasteiger partial charge is 0.194 e. The van der Waals surface area contributed by atoms with Crippen LogP contribution in [-0.4, -0.2) is 67.5 Å². The Labute approximate surface area is 145 Å². The first-order chi connectivity index (χ1) is 10.7. The van der Waals surface area contributed by atoms with E-state index in [0.717, 1.165) is 37.8 Å². The van der Waals surface area contributed by atoms with Crippen molar-refractivity contribution in [1.82, 2.24) is 10.2 Å². The van der Waals surface area contributed by atoms with E-state index in [1.807, 2.05) is 11.8 Å². The lowest BCUT2D eigenvalue weighted by atomic mass is 10.1. The van der Waals surface area contributed by atoms with Gasteiger partial charge in [-0.25, -0.2) is 8.42 Å². The molecular weight excluding hydrogens is 330 g/mol. The molecule has 2 fully saturated rings. The van der Waals surface area contributed by atoms with Crippen molar-refractivity contribution in [3.63, 3.8) is 0 Å². The third-order valence-corrected chi connectivity index (χ3v) is 7.34. The maximum absolute atomic E-state index is 11.6. The molecule has 0 amide bonds. The molecule has 1 atom stereocenters. The number of rotatable bonds is 4. The number of thioether (sulfide) groups is 1. The summed E-state index contributed by atoms with van der Waals surface area (Å²) < 4.78 is 23.5. The molecule has 7 heteroatoms. The van der Waals surface area contributed by atoms with Gasteiger partial charge in [-0.05, 0) is 32.1 Å². The molecule has 2 aliphatic heterocycles. The summed E-state index contributed by atoms with van der Waals surface area (Å²) in [5.74, 6) is 3.45. The third-order valence-electron chi connectivity index (χ3n) is 4.21. The Hall–Kier alpha value is -0.430. The fourth-order valence-corrected chi connectivity index (χ4v) is 5.98. The molecule has 5 nitrogen and oxygen atoms in total. The van der Waals surface area contributed by atoms with Gasteiger partial charge in [0.1, 0.15) is 0 Å². The van der Waals surface area contributed by atoms with E-state index >= 15 is 0 Å². The van der Waals surface area contributed by atoms with Crippen LogP contribution in [0.1, 0.15) is 34.1 Å². The summed E-state index contributed by atoms with van der Waals surface area (Å²) in [4.78, 5) is 7.12. The Morgan fingerprint density at radius 1 is 1.43 bits per heavy atom. The minimum absolute atomic E-state index is 0.219. The molecule has 0 aromatic heterocycles. The van der Waals surface area contributed by atoms with Crippen molar-refractivity contribution in [2.24, 2.45) is 16.8 Å². The Morgan fingerprint density at radius 3 is 2.74 bits per heavy atom. The van der Waals surface area contributed by atoms with Crippen molar-refractivity contribution in [3.05, 3.63) is 0 Å². The molecule has 0 radical (unpaired) electrons. The van der Waals surface area contributed by atoms with Gasteiger partial charge in [0.15, 0.2) is 15.8 Å². The second kappa shape index (κ2) is 7.64. The molecule has 2 aliphatic rings. The fourth-order valence-electron chi connectivity index (χ4n) is 3.00. The van der Waals surface area contributed by atoms with E-state index in [4.69, 9.17) is 4.99 Å². The Balaban J connectivity index is 1.98. The molecule has 2 saturated heterocycles. The zero-order chi connectivity index (χ0) is 17.1. The predicted molar refractivity (Wildman–Crippen MR) is 100 cm³/mol. The highest BCUT2D eigenvalue weighted by Crippen LogP contribution is 2.29. The monoisotopic (exact) mass is 361 g/mol. The van der Waals surface area contributed by atoms with E-state index in [2.05, 4.69) is 37.9 Å². The summed E-state index contributed by atoms with van der Waals surface area (Å²) in [5.41, 5.74) is 0. The van der Waals surface area contributed by atoms with Crippen molar-refractivity contribution in [2.45, 2.75) is 38.9 Å². The van der Waals surface area contributed by atoms with Crippen molar-refractivity contribution < 1.29 is 8.42 Å². The van der Waals surface area contributed by atoms with Crippen LogP contribution in [0.2, 0.25) is 0 Å². The Bertz CT molecular complexity index is 529. The van der Waals surface area contributed by atoms with E-state index in [1.165, 1.54) is 0 Å². The molecule has 0 aliphatic carbocycles. The standard InChI is InChI=1S/C16H31N3O2S2/c1-13(2)9-17-15(19-6-7-22-16(3,4)12-19)18-10-14-5-8-23(20,21)11-14/h13-14H,5-12H2,1-4H3,(H,17,18). The molecule has 2 heterocycles. The number of nitrogens with zero attached hydrogens (tertiary/aromatic N) is 2. The van der Waals surface area contributed by atoms with Gasteiger partial charge in [0.25, 0.3) is 0 Å². The molecule has 0 aromatic rings. The average molecular weight is 362 g/mol. The number of aliphatic imine (C=N–C) groups is 1. The van der Waals surface area contributed by atoms with Gasteiger partial charge in [-0.2, -0.15) is 11.8 Å². The lowest BCUT2D eigenvalue weighted by Gasteiger charge is -2.39. The van der Waals surface area contributed by atoms with Crippen LogP contribution < -0.4 is 5.32 Å². The lowest BCUT2D eigenvalue weighted by Crippen LogP contribution is -2.51. The third kappa shape index (κ3) is 6.18. The highest BCUT2D eigenvalue weighted by atomic mass is 32.2. The quantitative estimate of drug-likeness (QED) is 0.612. The summed E-state index contributed by atoms with van der Waals surface area (Å²) >= 11 is 2.01. The van der Waals surface area contributed by atoms with Crippen LogP contribution in [0.15, 0.2) is 4.99 Å². The van der Waals surface area contributed by atoms with E-state index < -0.39 is 9.84 Å². The summed E-state index contributed by atoms with van der Waals surface area (Å²) in [6.07, 6.45) is 0.772. The van der Waals surface area contributed by atoms with Crippen LogP contribution in [0.4, 0.5) is 0 Å². The van der Waals surface area contributed by atoms with Crippen molar-refractivity contribution in [1.29, 1.82) is 0 Å². The summed E-state index contributed by atoms with van der Waals surface area (Å²) in [5, 5.41) is 3.46. The molecule has 0 saturated carbocycles. The second-order valence-corrected chi connectivity index (χ2v) is 11.8. The average Bonchev–Trinajstić information content (AvgIpc) is 2.77. The Morgan fingerprint density at radius 2 is 2.17 bits per heavy atom. The van der Waals surface area contributed by atoms with Gasteiger partial charge >= 0.3 is 0 Å². The van der Waals surface area contributed by atoms with Gasteiger partial charge in [-0.1, -0.05) is 13.8 Å². The van der Waals surface area contributed by atoms with Crippen LogP contribution in [0.5, 0.6) is 0 Å². The van der Waals surface area contributed by atoms with E-state index in [9.17, 15) is 8.42 Å². The summed E-state index contributed by atoms with van der Waals surface area (Å²) in [6, 6.07) is 0. The normalized spacial score (nSPS) is 27.4. The number of guanidine groups is 1. The zero-order valence-corrected chi connectivity index (χ0v) is 16.5. The lowest BCUT2D eigenvalue weighted by molar-refractivity contribution is 0.370. The first kappa shape index (κ1) is 18.9. The predicted octanol–water partition coefficient (Wildman–Crippen LogP) is 1.85. The number of hydrogen-bond acceptors (Lipinski definition) is 4. The van der Waals surface area contributed by atoms with E-state index in [0.29, 0.717) is 24.0 Å². The topological polar surface area (TPSA) is 61.8 Å². The highest BCUT2D eigenvalue weighted by molar-refractivity contribution is 8.00. The molecule has 134 valence electrons. The molecule has 0 spiro atoms. The fraction of sp³-hybridized carbons (Fsp3) is 0.938. The molecule has 1 N–H and O–H groups in total. The van der Waals surface area contributed by atoms with Gasteiger partial charge in [0.2, 0.25) is 0 Å². The maximum Gasteiger partial charge on any atom is 0.194 e. The highest BCUT2D eigenvalue weighted by Gasteiger charge is 2.31. The van der Waals surface area contributed by atoms with Gasteiger partial charge in [-0.15, -0.1) is 0 Å². The number of sulfone groups is 1. The van der Waals surface area contributed by atoms with Crippen molar-refractivity contribution in [3.8, 4) is 0 Å². The van der Waals surface area contributed by atoms with Crippen LogP contribution in [0.25, 0.3) is 0 Å². The SMILES string of the molecule is CC(C)CN=C(NCC1CCS(=O)(=O)C1)N1CCSC(C)(C)C1. The summed E-state index contributed by atoms with van der Waals surface area (Å²) in [6.45, 7) is 12.4. The van der Waals surface area contributed by atoms with Crippen LogP contribution in [-0.2, 0) is 9.84 Å². The first-order valence-electron chi connectivity index (χ1n) is 8.54. The molecule has 2 rings (SSSR count). The molecule has 23 heavy (non-hydrogen) atoms. The largest absolute Gasteiger partial charge is 0.356 e. The Kier molecular flexibility index (Phi) is 6.28. The van der Waals surface area contributed by atoms with Gasteiger partial charge < -0.3 is 10.2 Å². The maximum atomic E-state index is 11.6. The minimum atomic E-state index is -2.81. The van der Waals surface area contributed by atoms with E-state index in [-0.39, 0.29) is 10.7 Å². The zero-order valence-electron chi connectivity index (χ0n) is 14.8. The van der Waals surface area contributed by atoms with E-state index in [1.54, 1.807) is 0 Å².